The molecule has 5 nitrogen and oxygen atoms in total. The third-order valence-corrected chi connectivity index (χ3v) is 4.17. The second kappa shape index (κ2) is 10.3. The number of ether oxygens (including phenoxy) is 2. The summed E-state index contributed by atoms with van der Waals surface area (Å²) in [5.41, 5.74) is 1.17. The number of para-hydroxylation sites is 3. The Kier molecular flexibility index (Phi) is 7.80. The maximum absolute atomic E-state index is 12.4. The van der Waals surface area contributed by atoms with Crippen molar-refractivity contribution in [3.63, 3.8) is 0 Å². The van der Waals surface area contributed by atoms with Crippen LogP contribution >= 0.6 is 0 Å². The molecule has 0 aliphatic carbocycles. The lowest BCUT2D eigenvalue weighted by Crippen LogP contribution is -2.39. The molecule has 2 rings (SSSR count). The van der Waals surface area contributed by atoms with Gasteiger partial charge < -0.3 is 19.7 Å². The Morgan fingerprint density at radius 2 is 1.73 bits per heavy atom. The fourth-order valence-corrected chi connectivity index (χ4v) is 2.64. The first-order valence-electron chi connectivity index (χ1n) is 8.99. The van der Waals surface area contributed by atoms with Gasteiger partial charge in [-0.25, -0.2) is 0 Å². The standard InChI is InChI=1S/C21H28N2O3/c1-4-18(26-20-14-9-8-13-19(20)25-3)21(24)22-15-10-16-23(2)17-11-6-5-7-12-17/h5-9,11-14,18H,4,10,15-16H2,1-3H3,(H,22,24). The Hall–Kier alpha value is -2.69. The SMILES string of the molecule is CCC(Oc1ccccc1OC)C(=O)NCCCN(C)c1ccccc1. The largest absolute Gasteiger partial charge is 0.493 e. The van der Waals surface area contributed by atoms with Gasteiger partial charge in [0.1, 0.15) is 0 Å². The summed E-state index contributed by atoms with van der Waals surface area (Å²) < 4.78 is 11.1. The molecule has 5 heteroatoms. The fraction of sp³-hybridized carbons (Fsp3) is 0.381. The number of nitrogens with one attached hydrogen (secondary N) is 1. The number of amides is 1. The highest BCUT2D eigenvalue weighted by Gasteiger charge is 2.19. The Morgan fingerprint density at radius 3 is 2.38 bits per heavy atom. The van der Waals surface area contributed by atoms with Gasteiger partial charge in [0.15, 0.2) is 17.6 Å². The molecule has 1 unspecified atom stereocenters. The van der Waals surface area contributed by atoms with Crippen molar-refractivity contribution in [2.45, 2.75) is 25.9 Å². The Bertz CT molecular complexity index is 676. The van der Waals surface area contributed by atoms with E-state index in [1.807, 2.05) is 49.4 Å². The van der Waals surface area contributed by atoms with E-state index >= 15 is 0 Å². The third-order valence-electron chi connectivity index (χ3n) is 4.17. The number of carbonyl (C=O) groups is 1. The van der Waals surface area contributed by atoms with Crippen molar-refractivity contribution in [3.05, 3.63) is 54.6 Å². The number of hydrogen-bond acceptors (Lipinski definition) is 4. The summed E-state index contributed by atoms with van der Waals surface area (Å²) in [5, 5.41) is 2.97. The lowest BCUT2D eigenvalue weighted by atomic mass is 10.2. The van der Waals surface area contributed by atoms with Crippen molar-refractivity contribution in [2.75, 3.05) is 32.1 Å². The van der Waals surface area contributed by atoms with E-state index in [0.29, 0.717) is 24.5 Å². The maximum Gasteiger partial charge on any atom is 0.261 e. The molecule has 0 bridgehead atoms. The van der Waals surface area contributed by atoms with Gasteiger partial charge in [-0.3, -0.25) is 4.79 Å². The molecule has 2 aromatic carbocycles. The molecule has 1 atom stereocenters. The minimum atomic E-state index is -0.529. The minimum absolute atomic E-state index is 0.0965. The molecule has 1 amide bonds. The van der Waals surface area contributed by atoms with Crippen LogP contribution in [0, 0.1) is 0 Å². The van der Waals surface area contributed by atoms with E-state index < -0.39 is 6.10 Å². The molecule has 0 aliphatic heterocycles. The molecule has 0 aliphatic rings. The average Bonchev–Trinajstić information content (AvgIpc) is 2.69. The van der Waals surface area contributed by atoms with Gasteiger partial charge in [-0.05, 0) is 37.1 Å². The summed E-state index contributed by atoms with van der Waals surface area (Å²) in [6, 6.07) is 17.6. The van der Waals surface area contributed by atoms with E-state index in [2.05, 4.69) is 29.4 Å². The monoisotopic (exact) mass is 356 g/mol. The minimum Gasteiger partial charge on any atom is -0.493 e. The molecule has 2 aromatic rings. The van der Waals surface area contributed by atoms with E-state index in [9.17, 15) is 4.79 Å². The predicted octanol–water partition coefficient (Wildman–Crippen LogP) is 3.50. The molecule has 0 saturated carbocycles. The normalized spacial score (nSPS) is 11.5. The van der Waals surface area contributed by atoms with Gasteiger partial charge in [0.2, 0.25) is 0 Å². The van der Waals surface area contributed by atoms with Crippen molar-refractivity contribution in [1.29, 1.82) is 0 Å². The topological polar surface area (TPSA) is 50.8 Å². The third kappa shape index (κ3) is 5.69. The van der Waals surface area contributed by atoms with E-state index in [1.165, 1.54) is 5.69 Å². The van der Waals surface area contributed by atoms with Crippen LogP contribution in [0.4, 0.5) is 5.69 Å². The Balaban J connectivity index is 1.78. The number of carbonyl (C=O) groups excluding carboxylic acids is 1. The van der Waals surface area contributed by atoms with Crippen LogP contribution in [0.3, 0.4) is 0 Å². The molecule has 1 N–H and O–H groups in total. The van der Waals surface area contributed by atoms with E-state index in [-0.39, 0.29) is 5.91 Å². The molecule has 0 heterocycles. The van der Waals surface area contributed by atoms with E-state index in [1.54, 1.807) is 7.11 Å². The molecular weight excluding hydrogens is 328 g/mol. The summed E-state index contributed by atoms with van der Waals surface area (Å²) in [6.07, 6.45) is 0.925. The molecule has 0 radical (unpaired) electrons. The maximum atomic E-state index is 12.4. The van der Waals surface area contributed by atoms with Gasteiger partial charge >= 0.3 is 0 Å². The number of rotatable bonds is 10. The van der Waals surface area contributed by atoms with Crippen molar-refractivity contribution >= 4 is 11.6 Å². The Labute approximate surface area is 155 Å². The smallest absolute Gasteiger partial charge is 0.261 e. The first-order chi connectivity index (χ1) is 12.7. The number of nitrogens with zero attached hydrogens (tertiary/aromatic N) is 1. The second-order valence-electron chi connectivity index (χ2n) is 6.07. The molecule has 0 saturated heterocycles. The van der Waals surface area contributed by atoms with Crippen molar-refractivity contribution in [1.82, 2.24) is 5.32 Å². The van der Waals surface area contributed by atoms with Crippen LogP contribution in [-0.2, 0) is 4.79 Å². The van der Waals surface area contributed by atoms with Crippen LogP contribution < -0.4 is 19.7 Å². The fourth-order valence-electron chi connectivity index (χ4n) is 2.64. The highest BCUT2D eigenvalue weighted by atomic mass is 16.5. The molecule has 0 aromatic heterocycles. The van der Waals surface area contributed by atoms with Crippen LogP contribution in [0.15, 0.2) is 54.6 Å². The molecular formula is C21H28N2O3. The van der Waals surface area contributed by atoms with Crippen molar-refractivity contribution in [3.8, 4) is 11.5 Å². The zero-order chi connectivity index (χ0) is 18.8. The first kappa shape index (κ1) is 19.6. The summed E-state index contributed by atoms with van der Waals surface area (Å²) in [6.45, 7) is 3.42. The summed E-state index contributed by atoms with van der Waals surface area (Å²) in [4.78, 5) is 14.6. The Morgan fingerprint density at radius 1 is 1.08 bits per heavy atom. The van der Waals surface area contributed by atoms with Crippen LogP contribution in [0.5, 0.6) is 11.5 Å². The van der Waals surface area contributed by atoms with Crippen molar-refractivity contribution < 1.29 is 14.3 Å². The highest BCUT2D eigenvalue weighted by molar-refractivity contribution is 5.81. The quantitative estimate of drug-likeness (QED) is 0.662. The van der Waals surface area contributed by atoms with Gasteiger partial charge in [0.05, 0.1) is 7.11 Å². The van der Waals surface area contributed by atoms with Crippen molar-refractivity contribution in [2.24, 2.45) is 0 Å². The molecule has 26 heavy (non-hydrogen) atoms. The van der Waals surface area contributed by atoms with Crippen LogP contribution in [-0.4, -0.2) is 39.3 Å². The lowest BCUT2D eigenvalue weighted by molar-refractivity contribution is -0.128. The van der Waals surface area contributed by atoms with Crippen LogP contribution in [0.2, 0.25) is 0 Å². The molecule has 0 fully saturated rings. The van der Waals surface area contributed by atoms with Crippen LogP contribution in [0.25, 0.3) is 0 Å². The number of benzene rings is 2. The van der Waals surface area contributed by atoms with Gasteiger partial charge in [-0.1, -0.05) is 37.3 Å². The summed E-state index contributed by atoms with van der Waals surface area (Å²) >= 11 is 0. The average molecular weight is 356 g/mol. The van der Waals surface area contributed by atoms with E-state index in [4.69, 9.17) is 9.47 Å². The van der Waals surface area contributed by atoms with Gasteiger partial charge in [0.25, 0.3) is 5.91 Å². The van der Waals surface area contributed by atoms with E-state index in [0.717, 1.165) is 13.0 Å². The van der Waals surface area contributed by atoms with Gasteiger partial charge in [-0.2, -0.15) is 0 Å². The first-order valence-corrected chi connectivity index (χ1v) is 8.99. The molecule has 140 valence electrons. The number of hydrogen-bond donors (Lipinski definition) is 1. The zero-order valence-corrected chi connectivity index (χ0v) is 15.8. The second-order valence-corrected chi connectivity index (χ2v) is 6.07. The molecule has 0 spiro atoms. The zero-order valence-electron chi connectivity index (χ0n) is 15.8. The number of methoxy groups -OCH3 is 1. The summed E-state index contributed by atoms with van der Waals surface area (Å²) in [5.74, 6) is 1.12. The predicted molar refractivity (Wildman–Crippen MR) is 105 cm³/mol. The highest BCUT2D eigenvalue weighted by Crippen LogP contribution is 2.27. The summed E-state index contributed by atoms with van der Waals surface area (Å²) in [7, 11) is 3.64. The van der Waals surface area contributed by atoms with Gasteiger partial charge in [0, 0.05) is 25.8 Å². The lowest BCUT2D eigenvalue weighted by Gasteiger charge is -2.21. The van der Waals surface area contributed by atoms with Crippen LogP contribution in [0.1, 0.15) is 19.8 Å². The van der Waals surface area contributed by atoms with Gasteiger partial charge in [-0.15, -0.1) is 0 Å². The number of anilines is 1.